The minimum atomic E-state index is -0.736. The molecule has 0 saturated carbocycles. The van der Waals surface area contributed by atoms with Crippen molar-refractivity contribution in [2.24, 2.45) is 11.8 Å². The van der Waals surface area contributed by atoms with Crippen LogP contribution < -0.4 is 0 Å². The van der Waals surface area contributed by atoms with E-state index in [1.54, 1.807) is 39.8 Å². The first kappa shape index (κ1) is 23.0. The van der Waals surface area contributed by atoms with Crippen LogP contribution in [-0.4, -0.2) is 36.7 Å². The monoisotopic (exact) mass is 386 g/mol. The second-order valence-corrected chi connectivity index (χ2v) is 6.83. The zero-order chi connectivity index (χ0) is 21.4. The Morgan fingerprint density at radius 3 is 1.39 bits per heavy atom. The molecule has 0 heterocycles. The van der Waals surface area contributed by atoms with E-state index in [9.17, 15) is 19.2 Å². The molecule has 0 aliphatic heterocycles. The van der Waals surface area contributed by atoms with Crippen LogP contribution in [0.25, 0.3) is 0 Å². The highest BCUT2D eigenvalue weighted by atomic mass is 16.5. The number of allylic oxidation sites excluding steroid dienone is 2. The molecule has 0 amide bonds. The van der Waals surface area contributed by atoms with Crippen molar-refractivity contribution in [2.45, 2.75) is 27.7 Å². The summed E-state index contributed by atoms with van der Waals surface area (Å²) in [4.78, 5) is 48.4. The van der Waals surface area contributed by atoms with Crippen molar-refractivity contribution < 1.29 is 28.7 Å². The van der Waals surface area contributed by atoms with Gasteiger partial charge in [-0.3, -0.25) is 9.59 Å². The first-order valence-corrected chi connectivity index (χ1v) is 8.89. The number of rotatable bonds is 10. The first-order valence-electron chi connectivity index (χ1n) is 8.89. The van der Waals surface area contributed by atoms with Gasteiger partial charge in [0.1, 0.15) is 13.2 Å². The normalized spacial score (nSPS) is 12.4. The van der Waals surface area contributed by atoms with E-state index in [4.69, 9.17) is 9.47 Å². The summed E-state index contributed by atoms with van der Waals surface area (Å²) < 4.78 is 10.3. The van der Waals surface area contributed by atoms with Gasteiger partial charge in [-0.05, 0) is 37.1 Å². The van der Waals surface area contributed by atoms with Crippen LogP contribution in [0.15, 0.2) is 48.6 Å². The van der Waals surface area contributed by atoms with Crippen LogP contribution in [0.2, 0.25) is 0 Å². The minimum Gasteiger partial charge on any atom is -0.461 e. The fraction of sp³-hybridized carbons (Fsp3) is 0.364. The Kier molecular flexibility index (Phi) is 8.51. The molecule has 0 aliphatic rings. The SMILES string of the molecule is C=C(C)C(=O)C(C)COC(=O)c1ccccc1C(=O)OCC(C)C(=O)C(=C)C. The molecule has 0 bridgehead atoms. The smallest absolute Gasteiger partial charge is 0.339 e. The molecule has 0 radical (unpaired) electrons. The number of carbonyl (C=O) groups is 4. The van der Waals surface area contributed by atoms with Crippen molar-refractivity contribution in [3.8, 4) is 0 Å². The van der Waals surface area contributed by atoms with Crippen LogP contribution >= 0.6 is 0 Å². The van der Waals surface area contributed by atoms with Crippen molar-refractivity contribution in [3.63, 3.8) is 0 Å². The molecule has 0 aliphatic carbocycles. The third-order valence-corrected chi connectivity index (χ3v) is 4.03. The molecule has 2 atom stereocenters. The Morgan fingerprint density at radius 1 is 0.786 bits per heavy atom. The fourth-order valence-electron chi connectivity index (χ4n) is 2.39. The lowest BCUT2D eigenvalue weighted by Crippen LogP contribution is -2.23. The lowest BCUT2D eigenvalue weighted by molar-refractivity contribution is -0.120. The van der Waals surface area contributed by atoms with Gasteiger partial charge in [-0.25, -0.2) is 9.59 Å². The highest BCUT2D eigenvalue weighted by Gasteiger charge is 2.23. The molecule has 28 heavy (non-hydrogen) atoms. The van der Waals surface area contributed by atoms with E-state index in [-0.39, 0.29) is 35.9 Å². The molecule has 0 fully saturated rings. The van der Waals surface area contributed by atoms with Gasteiger partial charge in [0.15, 0.2) is 11.6 Å². The van der Waals surface area contributed by atoms with Crippen LogP contribution in [0, 0.1) is 11.8 Å². The maximum absolute atomic E-state index is 12.4. The molecule has 6 nitrogen and oxygen atoms in total. The molecule has 2 unspecified atom stereocenters. The van der Waals surface area contributed by atoms with Crippen molar-refractivity contribution in [3.05, 3.63) is 59.7 Å². The number of ether oxygens (including phenoxy) is 2. The highest BCUT2D eigenvalue weighted by Crippen LogP contribution is 2.15. The Balaban J connectivity index is 2.80. The maximum Gasteiger partial charge on any atom is 0.339 e. The molecular formula is C22H26O6. The van der Waals surface area contributed by atoms with Crippen molar-refractivity contribution in [1.29, 1.82) is 0 Å². The van der Waals surface area contributed by atoms with Gasteiger partial charge in [0, 0.05) is 0 Å². The number of Topliss-reactive ketones (excluding diaryl/α,β-unsaturated/α-hetero) is 2. The van der Waals surface area contributed by atoms with Gasteiger partial charge in [-0.15, -0.1) is 0 Å². The molecule has 0 spiro atoms. The topological polar surface area (TPSA) is 86.7 Å². The van der Waals surface area contributed by atoms with E-state index in [2.05, 4.69) is 13.2 Å². The molecule has 150 valence electrons. The fourth-order valence-corrected chi connectivity index (χ4v) is 2.39. The predicted octanol–water partition coefficient (Wildman–Crippen LogP) is 3.56. The van der Waals surface area contributed by atoms with Crippen LogP contribution in [-0.2, 0) is 19.1 Å². The van der Waals surface area contributed by atoms with Gasteiger partial charge in [0.2, 0.25) is 0 Å². The van der Waals surface area contributed by atoms with Gasteiger partial charge >= 0.3 is 11.9 Å². The zero-order valence-corrected chi connectivity index (χ0v) is 16.7. The van der Waals surface area contributed by atoms with E-state index < -0.39 is 23.8 Å². The lowest BCUT2D eigenvalue weighted by Gasteiger charge is -2.14. The Labute approximate surface area is 165 Å². The molecule has 0 N–H and O–H groups in total. The van der Waals surface area contributed by atoms with Crippen LogP contribution in [0.4, 0.5) is 0 Å². The zero-order valence-electron chi connectivity index (χ0n) is 16.7. The Hall–Kier alpha value is -3.02. The van der Waals surface area contributed by atoms with Crippen LogP contribution in [0.3, 0.4) is 0 Å². The summed E-state index contributed by atoms with van der Waals surface area (Å²) in [5.41, 5.74) is 0.819. The first-order chi connectivity index (χ1) is 13.1. The lowest BCUT2D eigenvalue weighted by atomic mass is 10.0. The number of ketones is 2. The van der Waals surface area contributed by atoms with E-state index >= 15 is 0 Å². The number of hydrogen-bond donors (Lipinski definition) is 0. The minimum absolute atomic E-state index is 0.0290. The molecule has 6 heteroatoms. The Bertz CT molecular complexity index is 738. The van der Waals surface area contributed by atoms with Gasteiger partial charge in [-0.2, -0.15) is 0 Å². The second kappa shape index (κ2) is 10.3. The summed E-state index contributed by atoms with van der Waals surface area (Å²) >= 11 is 0. The van der Waals surface area contributed by atoms with E-state index in [0.717, 1.165) is 0 Å². The molecular weight excluding hydrogens is 360 g/mol. The maximum atomic E-state index is 12.4. The number of hydrogen-bond acceptors (Lipinski definition) is 6. The standard InChI is InChI=1S/C22H26O6/c1-13(2)19(23)15(5)11-27-21(25)17-9-7-8-10-18(17)22(26)28-12-16(6)20(24)14(3)4/h7-10,15-16H,1,3,11-12H2,2,4-6H3. The Morgan fingerprint density at radius 2 is 1.11 bits per heavy atom. The number of carbonyl (C=O) groups excluding carboxylic acids is 4. The molecule has 1 rings (SSSR count). The average molecular weight is 386 g/mol. The number of esters is 2. The molecule has 0 saturated heterocycles. The highest BCUT2D eigenvalue weighted by molar-refractivity contribution is 6.03. The summed E-state index contributed by atoms with van der Waals surface area (Å²) in [6, 6.07) is 6.05. The number of benzene rings is 1. The molecule has 1 aromatic rings. The second-order valence-electron chi connectivity index (χ2n) is 6.83. The summed E-state index contributed by atoms with van der Waals surface area (Å²) in [7, 11) is 0. The summed E-state index contributed by atoms with van der Waals surface area (Å²) in [5, 5.41) is 0. The van der Waals surface area contributed by atoms with Crippen molar-refractivity contribution >= 4 is 23.5 Å². The molecule has 1 aromatic carbocycles. The summed E-state index contributed by atoms with van der Waals surface area (Å²) in [5.74, 6) is -2.93. The van der Waals surface area contributed by atoms with Crippen molar-refractivity contribution in [1.82, 2.24) is 0 Å². The van der Waals surface area contributed by atoms with Gasteiger partial charge in [-0.1, -0.05) is 39.1 Å². The summed E-state index contributed by atoms with van der Waals surface area (Å²) in [6.07, 6.45) is 0. The predicted molar refractivity (Wildman–Crippen MR) is 105 cm³/mol. The molecule has 0 aromatic heterocycles. The van der Waals surface area contributed by atoms with E-state index in [0.29, 0.717) is 11.1 Å². The quantitative estimate of drug-likeness (QED) is 0.451. The van der Waals surface area contributed by atoms with Crippen molar-refractivity contribution in [2.75, 3.05) is 13.2 Å². The summed E-state index contributed by atoms with van der Waals surface area (Å²) in [6.45, 7) is 13.3. The largest absolute Gasteiger partial charge is 0.461 e. The third-order valence-electron chi connectivity index (χ3n) is 4.03. The van der Waals surface area contributed by atoms with Crippen LogP contribution in [0.1, 0.15) is 48.4 Å². The van der Waals surface area contributed by atoms with Gasteiger partial charge in [0.25, 0.3) is 0 Å². The third kappa shape index (κ3) is 6.30. The average Bonchev–Trinajstić information content (AvgIpc) is 2.68. The van der Waals surface area contributed by atoms with E-state index in [1.807, 2.05) is 0 Å². The van der Waals surface area contributed by atoms with Gasteiger partial charge < -0.3 is 9.47 Å². The van der Waals surface area contributed by atoms with Gasteiger partial charge in [0.05, 0.1) is 23.0 Å². The van der Waals surface area contributed by atoms with Crippen LogP contribution in [0.5, 0.6) is 0 Å². The van der Waals surface area contributed by atoms with E-state index in [1.165, 1.54) is 12.1 Å².